The van der Waals surface area contributed by atoms with Gasteiger partial charge in [-0.3, -0.25) is 14.5 Å². The summed E-state index contributed by atoms with van der Waals surface area (Å²) in [6.45, 7) is 3.88. The Morgan fingerprint density at radius 3 is 2.72 bits per heavy atom. The molecule has 1 N–H and O–H groups in total. The van der Waals surface area contributed by atoms with Crippen molar-refractivity contribution in [2.24, 2.45) is 4.99 Å². The van der Waals surface area contributed by atoms with E-state index in [1.165, 1.54) is 18.1 Å². The summed E-state index contributed by atoms with van der Waals surface area (Å²) in [6, 6.07) is 9.90. The molecule has 2 amide bonds. The molecule has 1 heterocycles. The van der Waals surface area contributed by atoms with E-state index in [-0.39, 0.29) is 30.0 Å². The van der Waals surface area contributed by atoms with Gasteiger partial charge in [0.05, 0.1) is 12.8 Å². The summed E-state index contributed by atoms with van der Waals surface area (Å²) in [4.78, 5) is 31.6. The number of nitrogens with zero attached hydrogens (tertiary/aromatic N) is 2. The molecule has 2 aromatic rings. The van der Waals surface area contributed by atoms with Crippen LogP contribution in [0.1, 0.15) is 33.1 Å². The molecular formula is C23H25F2N3O3S. The van der Waals surface area contributed by atoms with Gasteiger partial charge in [0, 0.05) is 18.5 Å². The van der Waals surface area contributed by atoms with Crippen molar-refractivity contribution in [3.63, 3.8) is 0 Å². The van der Waals surface area contributed by atoms with Gasteiger partial charge in [0.2, 0.25) is 11.8 Å². The number of nitrogens with one attached hydrogen (secondary N) is 1. The molecule has 0 aromatic heterocycles. The number of benzene rings is 2. The number of carbonyl (C=O) groups is 2. The van der Waals surface area contributed by atoms with Crippen LogP contribution >= 0.6 is 11.8 Å². The van der Waals surface area contributed by atoms with Crippen LogP contribution in [0.4, 0.5) is 20.2 Å². The van der Waals surface area contributed by atoms with Crippen LogP contribution in [0.2, 0.25) is 0 Å². The standard InChI is InChI=1S/C23H25F2N3O3S/c1-4-7-14(2)28-22(30)20(13-21(29)26-18-8-5-6-9-19(18)31-3)32-23(28)27-17-11-10-15(24)12-16(17)25/h5-6,8-12,14,20H,4,7,13H2,1-3H3,(H,26,29). The molecule has 2 aromatic carbocycles. The lowest BCUT2D eigenvalue weighted by molar-refractivity contribution is -0.129. The van der Waals surface area contributed by atoms with Crippen molar-refractivity contribution in [1.29, 1.82) is 0 Å². The Kier molecular flexibility index (Phi) is 7.84. The number of anilines is 1. The predicted molar refractivity (Wildman–Crippen MR) is 122 cm³/mol. The zero-order valence-electron chi connectivity index (χ0n) is 18.1. The third kappa shape index (κ3) is 5.45. The highest BCUT2D eigenvalue weighted by atomic mass is 32.2. The molecule has 0 radical (unpaired) electrons. The van der Waals surface area contributed by atoms with Crippen LogP contribution in [0.3, 0.4) is 0 Å². The molecule has 32 heavy (non-hydrogen) atoms. The van der Waals surface area contributed by atoms with Crippen LogP contribution in [0.25, 0.3) is 0 Å². The molecule has 1 aliphatic rings. The lowest BCUT2D eigenvalue weighted by Crippen LogP contribution is -2.40. The molecule has 0 bridgehead atoms. The summed E-state index contributed by atoms with van der Waals surface area (Å²) in [5.41, 5.74) is 0.448. The van der Waals surface area contributed by atoms with E-state index in [4.69, 9.17) is 4.74 Å². The zero-order chi connectivity index (χ0) is 23.3. The number of para-hydroxylation sites is 2. The Hall–Kier alpha value is -2.94. The van der Waals surface area contributed by atoms with Gasteiger partial charge in [-0.2, -0.15) is 0 Å². The van der Waals surface area contributed by atoms with E-state index in [9.17, 15) is 18.4 Å². The number of halogens is 2. The average Bonchev–Trinajstić information content (AvgIpc) is 3.05. The summed E-state index contributed by atoms with van der Waals surface area (Å²) < 4.78 is 32.7. The average molecular weight is 462 g/mol. The predicted octanol–water partition coefficient (Wildman–Crippen LogP) is 5.12. The molecule has 0 aliphatic carbocycles. The van der Waals surface area contributed by atoms with Crippen molar-refractivity contribution in [3.05, 3.63) is 54.1 Å². The van der Waals surface area contributed by atoms with Gasteiger partial charge in [-0.1, -0.05) is 37.2 Å². The van der Waals surface area contributed by atoms with Gasteiger partial charge in [-0.25, -0.2) is 13.8 Å². The maximum absolute atomic E-state index is 14.2. The van der Waals surface area contributed by atoms with Crippen LogP contribution < -0.4 is 10.1 Å². The highest BCUT2D eigenvalue weighted by molar-refractivity contribution is 8.15. The summed E-state index contributed by atoms with van der Waals surface area (Å²) >= 11 is 1.11. The topological polar surface area (TPSA) is 71.0 Å². The summed E-state index contributed by atoms with van der Waals surface area (Å²) in [5.74, 6) is -1.61. The normalized spacial score (nSPS) is 18.2. The summed E-state index contributed by atoms with van der Waals surface area (Å²) in [6.07, 6.45) is 1.48. The van der Waals surface area contributed by atoms with Crippen LogP contribution in [0, 0.1) is 11.6 Å². The largest absolute Gasteiger partial charge is 0.495 e. The van der Waals surface area contributed by atoms with Crippen molar-refractivity contribution < 1.29 is 23.1 Å². The summed E-state index contributed by atoms with van der Waals surface area (Å²) in [5, 5.41) is 2.37. The molecule has 1 fully saturated rings. The van der Waals surface area contributed by atoms with E-state index in [1.54, 1.807) is 24.3 Å². The SMILES string of the molecule is CCCC(C)N1C(=O)C(CC(=O)Nc2ccccc2OC)SC1=Nc1ccc(F)cc1F. The number of amidine groups is 1. The molecule has 0 spiro atoms. The van der Waals surface area contributed by atoms with Crippen molar-refractivity contribution in [2.45, 2.75) is 44.4 Å². The number of amides is 2. The molecule has 2 unspecified atom stereocenters. The number of methoxy groups -OCH3 is 1. The Morgan fingerprint density at radius 2 is 2.03 bits per heavy atom. The molecule has 1 saturated heterocycles. The van der Waals surface area contributed by atoms with Crippen molar-refractivity contribution in [2.75, 3.05) is 12.4 Å². The first-order valence-corrected chi connectivity index (χ1v) is 11.2. The Bertz CT molecular complexity index is 1030. The molecular weight excluding hydrogens is 436 g/mol. The molecule has 9 heteroatoms. The fourth-order valence-corrected chi connectivity index (χ4v) is 4.68. The van der Waals surface area contributed by atoms with Gasteiger partial charge < -0.3 is 10.1 Å². The Morgan fingerprint density at radius 1 is 1.28 bits per heavy atom. The molecule has 3 rings (SSSR count). The lowest BCUT2D eigenvalue weighted by Gasteiger charge is -2.24. The van der Waals surface area contributed by atoms with Gasteiger partial charge in [0.25, 0.3) is 0 Å². The quantitative estimate of drug-likeness (QED) is 0.592. The van der Waals surface area contributed by atoms with E-state index >= 15 is 0 Å². The van der Waals surface area contributed by atoms with Gasteiger partial charge >= 0.3 is 0 Å². The molecule has 170 valence electrons. The molecule has 0 saturated carbocycles. The minimum atomic E-state index is -0.814. The van der Waals surface area contributed by atoms with Gasteiger partial charge in [-0.05, 0) is 37.6 Å². The summed E-state index contributed by atoms with van der Waals surface area (Å²) in [7, 11) is 1.51. The van der Waals surface area contributed by atoms with Gasteiger partial charge in [0.15, 0.2) is 11.0 Å². The first kappa shape index (κ1) is 23.7. The van der Waals surface area contributed by atoms with Gasteiger partial charge in [0.1, 0.15) is 22.5 Å². The van der Waals surface area contributed by atoms with Crippen LogP contribution in [-0.2, 0) is 9.59 Å². The smallest absolute Gasteiger partial charge is 0.242 e. The van der Waals surface area contributed by atoms with E-state index in [0.29, 0.717) is 16.6 Å². The van der Waals surface area contributed by atoms with Crippen molar-refractivity contribution in [3.8, 4) is 5.75 Å². The first-order valence-electron chi connectivity index (χ1n) is 10.3. The second-order valence-corrected chi connectivity index (χ2v) is 8.57. The monoisotopic (exact) mass is 461 g/mol. The Labute approximate surface area is 190 Å². The minimum absolute atomic E-state index is 0.0606. The number of thioether (sulfide) groups is 1. The van der Waals surface area contributed by atoms with E-state index < -0.39 is 16.9 Å². The zero-order valence-corrected chi connectivity index (χ0v) is 18.9. The number of aliphatic imine (C=N–C) groups is 1. The number of hydrogen-bond acceptors (Lipinski definition) is 5. The second-order valence-electron chi connectivity index (χ2n) is 7.40. The van der Waals surface area contributed by atoms with E-state index in [0.717, 1.165) is 36.7 Å². The highest BCUT2D eigenvalue weighted by Crippen LogP contribution is 2.35. The third-order valence-corrected chi connectivity index (χ3v) is 6.14. The number of carbonyl (C=O) groups excluding carboxylic acids is 2. The fraction of sp³-hybridized carbons (Fsp3) is 0.348. The van der Waals surface area contributed by atoms with Crippen LogP contribution in [0.15, 0.2) is 47.5 Å². The number of rotatable bonds is 8. The highest BCUT2D eigenvalue weighted by Gasteiger charge is 2.41. The maximum Gasteiger partial charge on any atom is 0.242 e. The van der Waals surface area contributed by atoms with Crippen LogP contribution in [0.5, 0.6) is 5.75 Å². The second kappa shape index (κ2) is 10.6. The molecule has 2 atom stereocenters. The van der Waals surface area contributed by atoms with Crippen molar-refractivity contribution >= 4 is 40.1 Å². The molecule has 6 nitrogen and oxygen atoms in total. The number of hydrogen-bond donors (Lipinski definition) is 1. The van der Waals surface area contributed by atoms with E-state index in [2.05, 4.69) is 10.3 Å². The van der Waals surface area contributed by atoms with E-state index in [1.807, 2.05) is 13.8 Å². The fourth-order valence-electron chi connectivity index (χ4n) is 3.44. The van der Waals surface area contributed by atoms with Gasteiger partial charge in [-0.15, -0.1) is 0 Å². The maximum atomic E-state index is 14.2. The first-order chi connectivity index (χ1) is 15.3. The number of ether oxygens (including phenoxy) is 1. The van der Waals surface area contributed by atoms with Crippen molar-refractivity contribution in [1.82, 2.24) is 4.90 Å². The third-order valence-electron chi connectivity index (χ3n) is 4.99. The van der Waals surface area contributed by atoms with Crippen LogP contribution in [-0.4, -0.2) is 40.3 Å². The molecule has 1 aliphatic heterocycles. The minimum Gasteiger partial charge on any atom is -0.495 e. The lowest BCUT2D eigenvalue weighted by atomic mass is 10.1. The Balaban J connectivity index is 1.82.